The Balaban J connectivity index is 1.89. The van der Waals surface area contributed by atoms with Crippen molar-refractivity contribution >= 4 is 23.4 Å². The van der Waals surface area contributed by atoms with Crippen LogP contribution in [0.2, 0.25) is 0 Å². The van der Waals surface area contributed by atoms with Gasteiger partial charge in [0.25, 0.3) is 5.91 Å². The van der Waals surface area contributed by atoms with Gasteiger partial charge in [-0.3, -0.25) is 4.79 Å². The van der Waals surface area contributed by atoms with Gasteiger partial charge < -0.3 is 14.7 Å². The highest BCUT2D eigenvalue weighted by Crippen LogP contribution is 2.41. The van der Waals surface area contributed by atoms with Gasteiger partial charge in [-0.2, -0.15) is 5.10 Å². The molecular weight excluding hydrogens is 366 g/mol. The second kappa shape index (κ2) is 7.99. The highest BCUT2D eigenvalue weighted by molar-refractivity contribution is 5.96. The number of hydrogen-bond acceptors (Lipinski definition) is 5. The van der Waals surface area contributed by atoms with E-state index in [1.807, 2.05) is 12.1 Å². The van der Waals surface area contributed by atoms with Crippen LogP contribution in [0.3, 0.4) is 0 Å². The van der Waals surface area contributed by atoms with Gasteiger partial charge in [-0.05, 0) is 63.6 Å². The Morgan fingerprint density at radius 1 is 1.28 bits per heavy atom. The van der Waals surface area contributed by atoms with Crippen LogP contribution in [0.1, 0.15) is 49.2 Å². The Labute approximate surface area is 171 Å². The summed E-state index contributed by atoms with van der Waals surface area (Å²) in [6, 6.07) is 10.1. The molecule has 29 heavy (non-hydrogen) atoms. The van der Waals surface area contributed by atoms with Crippen LogP contribution in [0, 0.1) is 0 Å². The van der Waals surface area contributed by atoms with Crippen molar-refractivity contribution in [3.05, 3.63) is 59.2 Å². The predicted octanol–water partition coefficient (Wildman–Crippen LogP) is 4.19. The monoisotopic (exact) mass is 393 g/mol. The number of hydrogen-bond donors (Lipinski definition) is 2. The average molecular weight is 393 g/mol. The van der Waals surface area contributed by atoms with Crippen LogP contribution in [-0.2, 0) is 0 Å². The molecule has 1 aliphatic rings. The first kappa shape index (κ1) is 20.5. The van der Waals surface area contributed by atoms with E-state index in [4.69, 9.17) is 4.74 Å². The second-order valence-electron chi connectivity index (χ2n) is 7.58. The van der Waals surface area contributed by atoms with Gasteiger partial charge in [0.1, 0.15) is 11.5 Å². The molecule has 2 aromatic rings. The Morgan fingerprint density at radius 2 is 1.97 bits per heavy atom. The standard InChI is InChI=1S/C23H27N3O3/c1-6-26-20-12-21(29-5)17(11-19(20)15(2)13-23(26,3)4)14-24-25-22(28)16-7-9-18(27)10-8-16/h7-14,27H,6H2,1-5H3,(H,25,28)/b24-14-. The number of methoxy groups -OCH3 is 1. The number of hydrazone groups is 1. The molecule has 0 fully saturated rings. The molecule has 0 unspecified atom stereocenters. The van der Waals surface area contributed by atoms with Crippen LogP contribution >= 0.6 is 0 Å². The molecule has 6 heteroatoms. The average Bonchev–Trinajstić information content (AvgIpc) is 2.68. The zero-order valence-electron chi connectivity index (χ0n) is 17.5. The molecule has 3 rings (SSSR count). The van der Waals surface area contributed by atoms with Crippen molar-refractivity contribution in [2.24, 2.45) is 5.10 Å². The normalized spacial score (nSPS) is 15.1. The summed E-state index contributed by atoms with van der Waals surface area (Å²) in [5.41, 5.74) is 7.07. The molecule has 152 valence electrons. The van der Waals surface area contributed by atoms with E-state index in [-0.39, 0.29) is 17.2 Å². The van der Waals surface area contributed by atoms with E-state index in [0.717, 1.165) is 23.4 Å². The minimum absolute atomic E-state index is 0.0788. The molecule has 0 atom stereocenters. The number of phenols is 1. The van der Waals surface area contributed by atoms with Gasteiger partial charge in [0.15, 0.2) is 0 Å². The lowest BCUT2D eigenvalue weighted by atomic mass is 9.88. The summed E-state index contributed by atoms with van der Waals surface area (Å²) in [6.07, 6.45) is 3.85. The predicted molar refractivity (Wildman–Crippen MR) is 117 cm³/mol. The summed E-state index contributed by atoms with van der Waals surface area (Å²) in [5.74, 6) is 0.445. The van der Waals surface area contributed by atoms with Crippen LogP contribution in [-0.4, -0.2) is 36.4 Å². The van der Waals surface area contributed by atoms with Crippen LogP contribution in [0.5, 0.6) is 11.5 Å². The zero-order chi connectivity index (χ0) is 21.2. The highest BCUT2D eigenvalue weighted by Gasteiger charge is 2.31. The summed E-state index contributed by atoms with van der Waals surface area (Å²) in [6.45, 7) is 9.52. The van der Waals surface area contributed by atoms with E-state index >= 15 is 0 Å². The molecule has 2 N–H and O–H groups in total. The number of nitrogens with one attached hydrogen (secondary N) is 1. The zero-order valence-corrected chi connectivity index (χ0v) is 17.5. The molecule has 6 nitrogen and oxygen atoms in total. The van der Waals surface area contributed by atoms with E-state index in [0.29, 0.717) is 11.3 Å². The number of fused-ring (bicyclic) bond motifs is 1. The number of carbonyl (C=O) groups excluding carboxylic acids is 1. The van der Waals surface area contributed by atoms with E-state index in [2.05, 4.69) is 49.2 Å². The molecule has 0 aromatic heterocycles. The van der Waals surface area contributed by atoms with Crippen molar-refractivity contribution in [2.45, 2.75) is 33.2 Å². The molecule has 0 saturated carbocycles. The van der Waals surface area contributed by atoms with Gasteiger partial charge in [-0.25, -0.2) is 5.43 Å². The summed E-state index contributed by atoms with van der Waals surface area (Å²) in [5, 5.41) is 13.4. The lowest BCUT2D eigenvalue weighted by Gasteiger charge is -2.43. The maximum absolute atomic E-state index is 12.2. The number of anilines is 1. The fourth-order valence-corrected chi connectivity index (χ4v) is 3.81. The molecule has 0 radical (unpaired) electrons. The molecular formula is C23H27N3O3. The van der Waals surface area contributed by atoms with E-state index < -0.39 is 0 Å². The minimum Gasteiger partial charge on any atom is -0.508 e. The maximum atomic E-state index is 12.2. The van der Waals surface area contributed by atoms with Gasteiger partial charge in [-0.1, -0.05) is 6.08 Å². The first-order valence-electron chi connectivity index (χ1n) is 9.58. The van der Waals surface area contributed by atoms with Gasteiger partial charge >= 0.3 is 0 Å². The number of carbonyl (C=O) groups is 1. The number of amides is 1. The Bertz CT molecular complexity index is 976. The lowest BCUT2D eigenvalue weighted by molar-refractivity contribution is 0.0955. The first-order valence-corrected chi connectivity index (χ1v) is 9.58. The number of aromatic hydroxyl groups is 1. The number of rotatable bonds is 5. The van der Waals surface area contributed by atoms with Crippen molar-refractivity contribution in [1.82, 2.24) is 5.43 Å². The van der Waals surface area contributed by atoms with Crippen LogP contribution in [0.4, 0.5) is 5.69 Å². The van der Waals surface area contributed by atoms with Crippen LogP contribution in [0.15, 0.2) is 47.6 Å². The third kappa shape index (κ3) is 4.11. The Morgan fingerprint density at radius 3 is 2.59 bits per heavy atom. The van der Waals surface area contributed by atoms with Crippen LogP contribution < -0.4 is 15.1 Å². The summed E-state index contributed by atoms with van der Waals surface area (Å²) in [4.78, 5) is 14.5. The fourth-order valence-electron chi connectivity index (χ4n) is 3.81. The molecule has 1 amide bonds. The smallest absolute Gasteiger partial charge is 0.271 e. The third-order valence-electron chi connectivity index (χ3n) is 5.14. The van der Waals surface area contributed by atoms with Gasteiger partial charge in [-0.15, -0.1) is 0 Å². The summed E-state index contributed by atoms with van der Waals surface area (Å²) >= 11 is 0. The fraction of sp³-hybridized carbons (Fsp3) is 0.304. The summed E-state index contributed by atoms with van der Waals surface area (Å²) < 4.78 is 5.59. The van der Waals surface area contributed by atoms with Crippen molar-refractivity contribution in [1.29, 1.82) is 0 Å². The molecule has 2 aromatic carbocycles. The SMILES string of the molecule is CCN1c2cc(OC)c(/C=N\NC(=O)c3ccc(O)cc3)cc2C(C)=CC1(C)C. The van der Waals surface area contributed by atoms with Crippen molar-refractivity contribution < 1.29 is 14.6 Å². The summed E-state index contributed by atoms with van der Waals surface area (Å²) in [7, 11) is 1.63. The van der Waals surface area contributed by atoms with Crippen molar-refractivity contribution in [2.75, 3.05) is 18.6 Å². The maximum Gasteiger partial charge on any atom is 0.271 e. The van der Waals surface area contributed by atoms with E-state index in [1.54, 1.807) is 13.3 Å². The number of allylic oxidation sites excluding steroid dienone is 1. The van der Waals surface area contributed by atoms with Crippen molar-refractivity contribution in [3.63, 3.8) is 0 Å². The quantitative estimate of drug-likeness (QED) is 0.590. The number of ether oxygens (including phenoxy) is 1. The van der Waals surface area contributed by atoms with Crippen LogP contribution in [0.25, 0.3) is 5.57 Å². The molecule has 0 bridgehead atoms. The number of benzene rings is 2. The molecule has 1 aliphatic heterocycles. The number of nitrogens with zero attached hydrogens (tertiary/aromatic N) is 2. The Hall–Kier alpha value is -3.28. The first-order chi connectivity index (χ1) is 13.8. The molecule has 0 aliphatic carbocycles. The van der Waals surface area contributed by atoms with Gasteiger partial charge in [0, 0.05) is 35.0 Å². The minimum atomic E-state index is -0.354. The topological polar surface area (TPSA) is 74.2 Å². The third-order valence-corrected chi connectivity index (χ3v) is 5.14. The second-order valence-corrected chi connectivity index (χ2v) is 7.58. The number of phenolic OH excluding ortho intramolecular Hbond substituents is 1. The molecule has 1 heterocycles. The number of likely N-dealkylation sites (N-methyl/N-ethyl adjacent to an activating group) is 1. The van der Waals surface area contributed by atoms with E-state index in [1.165, 1.54) is 29.8 Å². The van der Waals surface area contributed by atoms with Gasteiger partial charge in [0.2, 0.25) is 0 Å². The van der Waals surface area contributed by atoms with E-state index in [9.17, 15) is 9.90 Å². The molecule has 0 saturated heterocycles. The van der Waals surface area contributed by atoms with Gasteiger partial charge in [0.05, 0.1) is 18.9 Å². The lowest BCUT2D eigenvalue weighted by Crippen LogP contribution is -2.44. The molecule has 0 spiro atoms. The van der Waals surface area contributed by atoms with Crippen molar-refractivity contribution in [3.8, 4) is 11.5 Å². The Kier molecular flexibility index (Phi) is 5.64. The highest BCUT2D eigenvalue weighted by atomic mass is 16.5. The largest absolute Gasteiger partial charge is 0.508 e.